The minimum Gasteiger partial charge on any atom is -0.378 e. The van der Waals surface area contributed by atoms with Crippen LogP contribution in [-0.2, 0) is 11.8 Å². The number of nitrogens with one attached hydrogen (secondary N) is 2. The Morgan fingerprint density at radius 1 is 1.50 bits per heavy atom. The lowest BCUT2D eigenvalue weighted by Gasteiger charge is -2.59. The number of amides is 2. The van der Waals surface area contributed by atoms with Crippen LogP contribution in [0, 0.1) is 5.41 Å². The van der Waals surface area contributed by atoms with Crippen molar-refractivity contribution in [2.75, 3.05) is 27.7 Å². The SMILES string of the molecule is CO[C@]1(C)C[C@@H](NC(=O)NC[C@H](c2cnn(C)c2)N(C)C)C1(C)C. The van der Waals surface area contributed by atoms with Crippen molar-refractivity contribution in [1.29, 1.82) is 0 Å². The molecule has 2 rings (SSSR count). The molecule has 0 aliphatic heterocycles. The largest absolute Gasteiger partial charge is 0.378 e. The Bertz CT molecular complexity index is 583. The number of aromatic nitrogens is 2. The molecule has 0 spiro atoms. The second kappa shape index (κ2) is 6.72. The molecule has 1 aliphatic carbocycles. The minimum absolute atomic E-state index is 0.0862. The van der Waals surface area contributed by atoms with E-state index in [0.29, 0.717) is 6.54 Å². The van der Waals surface area contributed by atoms with Crippen LogP contribution in [-0.4, -0.2) is 60.1 Å². The number of carbonyl (C=O) groups excluding carboxylic acids is 1. The monoisotopic (exact) mass is 337 g/mol. The predicted molar refractivity (Wildman–Crippen MR) is 93.8 cm³/mol. The zero-order valence-corrected chi connectivity index (χ0v) is 15.9. The first-order valence-electron chi connectivity index (χ1n) is 8.35. The molecule has 2 amide bonds. The quantitative estimate of drug-likeness (QED) is 0.826. The maximum Gasteiger partial charge on any atom is 0.315 e. The van der Waals surface area contributed by atoms with Crippen molar-refractivity contribution in [1.82, 2.24) is 25.3 Å². The molecule has 0 aromatic carbocycles. The lowest BCUT2D eigenvalue weighted by molar-refractivity contribution is -0.177. The molecule has 7 nitrogen and oxygen atoms in total. The number of methoxy groups -OCH3 is 1. The van der Waals surface area contributed by atoms with E-state index in [1.165, 1.54) is 0 Å². The van der Waals surface area contributed by atoms with Crippen molar-refractivity contribution in [3.8, 4) is 0 Å². The second-order valence-electron chi connectivity index (χ2n) is 7.69. The third kappa shape index (κ3) is 3.42. The van der Waals surface area contributed by atoms with E-state index >= 15 is 0 Å². The summed E-state index contributed by atoms with van der Waals surface area (Å²) < 4.78 is 7.38. The first-order valence-corrected chi connectivity index (χ1v) is 8.35. The average Bonchev–Trinajstić information content (AvgIpc) is 2.92. The fourth-order valence-corrected chi connectivity index (χ4v) is 3.33. The number of hydrogen-bond donors (Lipinski definition) is 2. The van der Waals surface area contributed by atoms with Gasteiger partial charge in [-0.2, -0.15) is 5.10 Å². The fraction of sp³-hybridized carbons (Fsp3) is 0.765. The molecule has 1 aromatic heterocycles. The summed E-state index contributed by atoms with van der Waals surface area (Å²) in [6.45, 7) is 6.87. The number of urea groups is 1. The Kier molecular flexibility index (Phi) is 5.25. The van der Waals surface area contributed by atoms with Gasteiger partial charge in [-0.3, -0.25) is 4.68 Å². The summed E-state index contributed by atoms with van der Waals surface area (Å²) in [6.07, 6.45) is 4.64. The second-order valence-corrected chi connectivity index (χ2v) is 7.69. The Morgan fingerprint density at radius 3 is 2.62 bits per heavy atom. The van der Waals surface area contributed by atoms with Crippen LogP contribution in [0.25, 0.3) is 0 Å². The number of carbonyl (C=O) groups is 1. The van der Waals surface area contributed by atoms with Crippen LogP contribution < -0.4 is 10.6 Å². The third-order valence-electron chi connectivity index (χ3n) is 5.77. The van der Waals surface area contributed by atoms with Crippen molar-refractivity contribution in [3.63, 3.8) is 0 Å². The molecule has 136 valence electrons. The summed E-state index contributed by atoms with van der Waals surface area (Å²) in [7, 11) is 7.61. The van der Waals surface area contributed by atoms with E-state index in [1.807, 2.05) is 33.5 Å². The molecule has 0 bridgehead atoms. The van der Waals surface area contributed by atoms with Crippen LogP contribution in [0.5, 0.6) is 0 Å². The molecular formula is C17H31N5O2. The van der Waals surface area contributed by atoms with Gasteiger partial charge < -0.3 is 20.3 Å². The number of likely N-dealkylation sites (N-methyl/N-ethyl adjacent to an activating group) is 1. The van der Waals surface area contributed by atoms with E-state index in [2.05, 4.69) is 41.4 Å². The highest BCUT2D eigenvalue weighted by atomic mass is 16.5. The van der Waals surface area contributed by atoms with Crippen molar-refractivity contribution < 1.29 is 9.53 Å². The Balaban J connectivity index is 1.89. The molecule has 3 atom stereocenters. The first kappa shape index (κ1) is 18.7. The maximum absolute atomic E-state index is 12.3. The summed E-state index contributed by atoms with van der Waals surface area (Å²) in [5, 5.41) is 10.3. The number of hydrogen-bond acceptors (Lipinski definition) is 4. The normalized spacial score (nSPS) is 26.8. The van der Waals surface area contributed by atoms with E-state index in [1.54, 1.807) is 11.8 Å². The number of rotatable bonds is 6. The van der Waals surface area contributed by atoms with Crippen molar-refractivity contribution in [2.24, 2.45) is 12.5 Å². The smallest absolute Gasteiger partial charge is 0.315 e. The van der Waals surface area contributed by atoms with Crippen LogP contribution in [0.15, 0.2) is 12.4 Å². The van der Waals surface area contributed by atoms with Gasteiger partial charge in [-0.05, 0) is 27.4 Å². The van der Waals surface area contributed by atoms with Gasteiger partial charge in [0, 0.05) is 43.9 Å². The Labute approximate surface area is 144 Å². The lowest BCUT2D eigenvalue weighted by atomic mass is 9.56. The van der Waals surface area contributed by atoms with Crippen molar-refractivity contribution in [3.05, 3.63) is 18.0 Å². The fourth-order valence-electron chi connectivity index (χ4n) is 3.33. The lowest BCUT2D eigenvalue weighted by Crippen LogP contribution is -2.69. The molecule has 24 heavy (non-hydrogen) atoms. The van der Waals surface area contributed by atoms with E-state index in [0.717, 1.165) is 12.0 Å². The molecule has 7 heteroatoms. The van der Waals surface area contributed by atoms with Crippen LogP contribution in [0.1, 0.15) is 38.8 Å². The van der Waals surface area contributed by atoms with E-state index < -0.39 is 0 Å². The number of ether oxygens (including phenoxy) is 1. The highest BCUT2D eigenvalue weighted by molar-refractivity contribution is 5.74. The number of aryl methyl sites for hydroxylation is 1. The van der Waals surface area contributed by atoms with E-state index in [9.17, 15) is 4.79 Å². The van der Waals surface area contributed by atoms with Gasteiger partial charge in [0.2, 0.25) is 0 Å². The van der Waals surface area contributed by atoms with Gasteiger partial charge in [-0.15, -0.1) is 0 Å². The van der Waals surface area contributed by atoms with Gasteiger partial charge in [-0.1, -0.05) is 13.8 Å². The number of nitrogens with zero attached hydrogens (tertiary/aromatic N) is 3. The zero-order chi connectivity index (χ0) is 18.1. The first-order chi connectivity index (χ1) is 11.1. The highest BCUT2D eigenvalue weighted by Crippen LogP contribution is 2.51. The van der Waals surface area contributed by atoms with Crippen LogP contribution >= 0.6 is 0 Å². The van der Waals surface area contributed by atoms with Gasteiger partial charge in [0.15, 0.2) is 0 Å². The van der Waals surface area contributed by atoms with Crippen LogP contribution in [0.4, 0.5) is 4.79 Å². The topological polar surface area (TPSA) is 71.4 Å². The van der Waals surface area contributed by atoms with Gasteiger partial charge in [0.05, 0.1) is 17.8 Å². The van der Waals surface area contributed by atoms with Gasteiger partial charge in [0.1, 0.15) is 0 Å². The van der Waals surface area contributed by atoms with Crippen LogP contribution in [0.2, 0.25) is 0 Å². The molecule has 1 saturated carbocycles. The summed E-state index contributed by atoms with van der Waals surface area (Å²) in [5.74, 6) is 0. The predicted octanol–water partition coefficient (Wildman–Crippen LogP) is 1.53. The van der Waals surface area contributed by atoms with E-state index in [4.69, 9.17) is 4.74 Å². The maximum atomic E-state index is 12.3. The van der Waals surface area contributed by atoms with Crippen molar-refractivity contribution >= 4 is 6.03 Å². The van der Waals surface area contributed by atoms with Gasteiger partial charge >= 0.3 is 6.03 Å². The summed E-state index contributed by atoms with van der Waals surface area (Å²) in [4.78, 5) is 14.4. The zero-order valence-electron chi connectivity index (χ0n) is 15.9. The molecule has 1 fully saturated rings. The Hall–Kier alpha value is -1.60. The highest BCUT2D eigenvalue weighted by Gasteiger charge is 2.58. The molecule has 1 heterocycles. The average molecular weight is 337 g/mol. The molecule has 1 aliphatic rings. The van der Waals surface area contributed by atoms with E-state index in [-0.39, 0.29) is 29.1 Å². The minimum atomic E-state index is -0.188. The Morgan fingerprint density at radius 2 is 2.17 bits per heavy atom. The summed E-state index contributed by atoms with van der Waals surface area (Å²) >= 11 is 0. The molecule has 0 unspecified atom stereocenters. The molecule has 0 saturated heterocycles. The van der Waals surface area contributed by atoms with Gasteiger partial charge in [-0.25, -0.2) is 4.79 Å². The third-order valence-corrected chi connectivity index (χ3v) is 5.77. The molecular weight excluding hydrogens is 306 g/mol. The summed E-state index contributed by atoms with van der Waals surface area (Å²) in [6, 6.07) is 0.0590. The van der Waals surface area contributed by atoms with Crippen molar-refractivity contribution in [2.45, 2.75) is 44.9 Å². The standard InChI is InChI=1S/C17H31N5O2/c1-16(2)14(8-17(16,3)24-7)20-15(23)18-10-13(21(4)5)12-9-19-22(6)11-12/h9,11,13-14H,8,10H2,1-7H3,(H2,18,20,23)/t13-,14-,17-/m1/s1. The van der Waals surface area contributed by atoms with Crippen LogP contribution in [0.3, 0.4) is 0 Å². The van der Waals surface area contributed by atoms with Gasteiger partial charge in [0.25, 0.3) is 0 Å². The molecule has 0 radical (unpaired) electrons. The summed E-state index contributed by atoms with van der Waals surface area (Å²) in [5.41, 5.74) is 0.801. The molecule has 1 aromatic rings. The molecule has 2 N–H and O–H groups in total.